The average molecular weight is 313 g/mol. The highest BCUT2D eigenvalue weighted by molar-refractivity contribution is 6.34. The summed E-state index contributed by atoms with van der Waals surface area (Å²) in [6.07, 6.45) is 1.79. The number of benzene rings is 1. The van der Waals surface area contributed by atoms with Crippen LogP contribution >= 0.6 is 11.6 Å². The summed E-state index contributed by atoms with van der Waals surface area (Å²) < 4.78 is 0. The molecule has 1 N–H and O–H groups in total. The zero-order valence-corrected chi connectivity index (χ0v) is 11.7. The molecule has 0 aromatic heterocycles. The minimum Gasteiger partial charge on any atom is -0.480 e. The Kier molecular flexibility index (Phi) is 4.42. The predicted octanol–water partition coefficient (Wildman–Crippen LogP) is 2.33. The predicted molar refractivity (Wildman–Crippen MR) is 74.4 cm³/mol. The third kappa shape index (κ3) is 3.13. The SMILES string of the molecule is O=C(O)C1CCCCN1C(=O)c1cc([N+](=O)[O-])ccc1Cl. The van der Waals surface area contributed by atoms with Crippen molar-refractivity contribution in [3.8, 4) is 0 Å². The van der Waals surface area contributed by atoms with E-state index in [-0.39, 0.29) is 16.3 Å². The summed E-state index contributed by atoms with van der Waals surface area (Å²) >= 11 is 5.92. The van der Waals surface area contributed by atoms with E-state index in [1.165, 1.54) is 17.0 Å². The van der Waals surface area contributed by atoms with Crippen molar-refractivity contribution < 1.29 is 19.6 Å². The molecule has 1 fully saturated rings. The largest absolute Gasteiger partial charge is 0.480 e. The molecule has 1 saturated heterocycles. The molecule has 0 bridgehead atoms. The third-order valence-electron chi connectivity index (χ3n) is 3.44. The maximum absolute atomic E-state index is 12.5. The Morgan fingerprint density at radius 2 is 2.10 bits per heavy atom. The molecule has 1 aromatic carbocycles. The van der Waals surface area contributed by atoms with Gasteiger partial charge in [-0.2, -0.15) is 0 Å². The molecular weight excluding hydrogens is 300 g/mol. The molecule has 7 nitrogen and oxygen atoms in total. The van der Waals surface area contributed by atoms with Crippen molar-refractivity contribution in [3.05, 3.63) is 38.9 Å². The van der Waals surface area contributed by atoms with Crippen molar-refractivity contribution in [1.29, 1.82) is 0 Å². The Morgan fingerprint density at radius 3 is 2.71 bits per heavy atom. The first-order valence-electron chi connectivity index (χ1n) is 6.39. The Morgan fingerprint density at radius 1 is 1.38 bits per heavy atom. The second-order valence-corrected chi connectivity index (χ2v) is 5.18. The van der Waals surface area contributed by atoms with Crippen LogP contribution in [-0.4, -0.2) is 39.4 Å². The Hall–Kier alpha value is -2.15. The fourth-order valence-electron chi connectivity index (χ4n) is 2.38. The van der Waals surface area contributed by atoms with Crippen LogP contribution in [0.5, 0.6) is 0 Å². The van der Waals surface area contributed by atoms with Crippen LogP contribution in [0.15, 0.2) is 18.2 Å². The average Bonchev–Trinajstić information content (AvgIpc) is 2.46. The van der Waals surface area contributed by atoms with Gasteiger partial charge >= 0.3 is 5.97 Å². The molecule has 2 rings (SSSR count). The highest BCUT2D eigenvalue weighted by Crippen LogP contribution is 2.26. The molecule has 1 aromatic rings. The van der Waals surface area contributed by atoms with E-state index in [4.69, 9.17) is 11.6 Å². The molecular formula is C13H13ClN2O5. The monoisotopic (exact) mass is 312 g/mol. The molecule has 112 valence electrons. The molecule has 0 spiro atoms. The van der Waals surface area contributed by atoms with E-state index in [0.29, 0.717) is 19.4 Å². The van der Waals surface area contributed by atoms with E-state index in [1.54, 1.807) is 0 Å². The highest BCUT2D eigenvalue weighted by Gasteiger charge is 2.33. The number of carboxylic acids is 1. The number of halogens is 1. The number of aliphatic carboxylic acids is 1. The zero-order valence-electron chi connectivity index (χ0n) is 11.0. The quantitative estimate of drug-likeness (QED) is 0.682. The summed E-state index contributed by atoms with van der Waals surface area (Å²) in [5.41, 5.74) is -0.300. The second kappa shape index (κ2) is 6.09. The zero-order chi connectivity index (χ0) is 15.6. The van der Waals surface area contributed by atoms with Gasteiger partial charge in [-0.25, -0.2) is 4.79 Å². The van der Waals surface area contributed by atoms with Crippen molar-refractivity contribution in [2.24, 2.45) is 0 Å². The van der Waals surface area contributed by atoms with E-state index >= 15 is 0 Å². The van der Waals surface area contributed by atoms with Gasteiger partial charge in [-0.15, -0.1) is 0 Å². The molecule has 1 aliphatic heterocycles. The minimum absolute atomic E-state index is 0.0426. The first-order valence-corrected chi connectivity index (χ1v) is 6.77. The lowest BCUT2D eigenvalue weighted by Gasteiger charge is -2.33. The maximum Gasteiger partial charge on any atom is 0.326 e. The number of likely N-dealkylation sites (tertiary alicyclic amines) is 1. The standard InChI is InChI=1S/C13H13ClN2O5/c14-10-5-4-8(16(20)21)7-9(10)12(17)15-6-2-1-3-11(15)13(18)19/h4-5,7,11H,1-3,6H2,(H,18,19). The molecule has 0 aliphatic carbocycles. The van der Waals surface area contributed by atoms with Crippen LogP contribution in [0.25, 0.3) is 0 Å². The van der Waals surface area contributed by atoms with Gasteiger partial charge in [0, 0.05) is 18.7 Å². The number of piperidine rings is 1. The van der Waals surface area contributed by atoms with Gasteiger partial charge in [-0.1, -0.05) is 11.6 Å². The molecule has 1 amide bonds. The fourth-order valence-corrected chi connectivity index (χ4v) is 2.58. The number of carbonyl (C=O) groups excluding carboxylic acids is 1. The Bertz CT molecular complexity index is 604. The van der Waals surface area contributed by atoms with Gasteiger partial charge < -0.3 is 10.0 Å². The number of hydrogen-bond donors (Lipinski definition) is 1. The number of rotatable bonds is 3. The van der Waals surface area contributed by atoms with E-state index in [9.17, 15) is 24.8 Å². The van der Waals surface area contributed by atoms with Crippen molar-refractivity contribution in [1.82, 2.24) is 4.90 Å². The molecule has 0 radical (unpaired) electrons. The Labute approximate surface area is 125 Å². The van der Waals surface area contributed by atoms with Crippen molar-refractivity contribution in [2.75, 3.05) is 6.54 Å². The van der Waals surface area contributed by atoms with Crippen LogP contribution < -0.4 is 0 Å². The molecule has 1 unspecified atom stereocenters. The van der Waals surface area contributed by atoms with Gasteiger partial charge in [0.05, 0.1) is 15.5 Å². The number of hydrogen-bond acceptors (Lipinski definition) is 4. The van der Waals surface area contributed by atoms with E-state index in [1.807, 2.05) is 0 Å². The van der Waals surface area contributed by atoms with Gasteiger partial charge in [0.25, 0.3) is 11.6 Å². The number of carboxylic acid groups (broad SMARTS) is 1. The number of nitrogens with zero attached hydrogens (tertiary/aromatic N) is 2. The van der Waals surface area contributed by atoms with Gasteiger partial charge in [-0.05, 0) is 25.3 Å². The first kappa shape index (κ1) is 15.2. The summed E-state index contributed by atoms with van der Waals surface area (Å²) in [6.45, 7) is 0.300. The van der Waals surface area contributed by atoms with Crippen LogP contribution in [-0.2, 0) is 4.79 Å². The molecule has 8 heteroatoms. The summed E-state index contributed by atoms with van der Waals surface area (Å²) in [6, 6.07) is 2.64. The Balaban J connectivity index is 2.36. The normalized spacial score (nSPS) is 18.3. The van der Waals surface area contributed by atoms with Crippen LogP contribution in [0.4, 0.5) is 5.69 Å². The molecule has 1 aliphatic rings. The first-order chi connectivity index (χ1) is 9.91. The van der Waals surface area contributed by atoms with E-state index in [0.717, 1.165) is 12.5 Å². The van der Waals surface area contributed by atoms with Crippen LogP contribution in [0.2, 0.25) is 5.02 Å². The van der Waals surface area contributed by atoms with Crippen molar-refractivity contribution in [2.45, 2.75) is 25.3 Å². The maximum atomic E-state index is 12.5. The second-order valence-electron chi connectivity index (χ2n) is 4.77. The number of amides is 1. The van der Waals surface area contributed by atoms with Crippen LogP contribution in [0.3, 0.4) is 0 Å². The number of nitro benzene ring substituents is 1. The number of nitro groups is 1. The van der Waals surface area contributed by atoms with Crippen molar-refractivity contribution >= 4 is 29.2 Å². The van der Waals surface area contributed by atoms with Crippen LogP contribution in [0.1, 0.15) is 29.6 Å². The van der Waals surface area contributed by atoms with Gasteiger partial charge in [0.1, 0.15) is 6.04 Å². The molecule has 1 atom stereocenters. The lowest BCUT2D eigenvalue weighted by atomic mass is 10.0. The minimum atomic E-state index is -1.08. The third-order valence-corrected chi connectivity index (χ3v) is 3.77. The summed E-state index contributed by atoms with van der Waals surface area (Å²) in [5.74, 6) is -1.67. The topological polar surface area (TPSA) is 101 Å². The molecule has 0 saturated carbocycles. The van der Waals surface area contributed by atoms with E-state index in [2.05, 4.69) is 0 Å². The lowest BCUT2D eigenvalue weighted by molar-refractivity contribution is -0.384. The summed E-state index contributed by atoms with van der Waals surface area (Å²) in [4.78, 5) is 35.1. The molecule has 21 heavy (non-hydrogen) atoms. The lowest BCUT2D eigenvalue weighted by Crippen LogP contribution is -2.48. The van der Waals surface area contributed by atoms with Crippen molar-refractivity contribution in [3.63, 3.8) is 0 Å². The number of non-ortho nitro benzene ring substituents is 1. The van der Waals surface area contributed by atoms with Gasteiger partial charge in [0.15, 0.2) is 0 Å². The van der Waals surface area contributed by atoms with Gasteiger partial charge in [0.2, 0.25) is 0 Å². The van der Waals surface area contributed by atoms with Gasteiger partial charge in [-0.3, -0.25) is 14.9 Å². The fraction of sp³-hybridized carbons (Fsp3) is 0.385. The highest BCUT2D eigenvalue weighted by atomic mass is 35.5. The summed E-state index contributed by atoms with van der Waals surface area (Å²) in [7, 11) is 0. The summed E-state index contributed by atoms with van der Waals surface area (Å²) in [5, 5.41) is 20.0. The van der Waals surface area contributed by atoms with Crippen LogP contribution in [0, 0.1) is 10.1 Å². The molecule has 1 heterocycles. The van der Waals surface area contributed by atoms with E-state index < -0.39 is 22.8 Å². The number of carbonyl (C=O) groups is 2. The smallest absolute Gasteiger partial charge is 0.326 e.